The van der Waals surface area contributed by atoms with Crippen LogP contribution in [0.1, 0.15) is 59.9 Å². The number of carbonyl (C=O) groups is 5. The quantitative estimate of drug-likeness (QED) is 0.293. The van der Waals surface area contributed by atoms with Crippen molar-refractivity contribution in [2.45, 2.75) is 85.0 Å². The first-order valence-corrected chi connectivity index (χ1v) is 15.0. The SMILES string of the molecule is CCOCCC(=O)N1CC(=O)N[C@@H](CC(C)C)C(=O)N[C@@H](Cc2ccc(OC)cc2)C(=O)N[C@H](C)C(=O)N[C@@H](C(C)C)C1. The van der Waals surface area contributed by atoms with E-state index in [-0.39, 0.29) is 50.3 Å². The highest BCUT2D eigenvalue weighted by Gasteiger charge is 2.32. The maximum Gasteiger partial charge on any atom is 0.243 e. The van der Waals surface area contributed by atoms with Gasteiger partial charge in [-0.1, -0.05) is 39.8 Å². The van der Waals surface area contributed by atoms with Gasteiger partial charge in [-0.3, -0.25) is 24.0 Å². The van der Waals surface area contributed by atoms with Gasteiger partial charge in [-0.15, -0.1) is 0 Å². The fourth-order valence-corrected chi connectivity index (χ4v) is 4.66. The van der Waals surface area contributed by atoms with E-state index in [4.69, 9.17) is 9.47 Å². The van der Waals surface area contributed by atoms with Gasteiger partial charge < -0.3 is 35.6 Å². The van der Waals surface area contributed by atoms with Crippen LogP contribution >= 0.6 is 0 Å². The van der Waals surface area contributed by atoms with Gasteiger partial charge in [-0.2, -0.15) is 0 Å². The molecule has 1 heterocycles. The molecule has 1 aromatic carbocycles. The van der Waals surface area contributed by atoms with E-state index in [1.807, 2.05) is 34.6 Å². The van der Waals surface area contributed by atoms with Crippen LogP contribution in [-0.4, -0.2) is 92.0 Å². The Balaban J connectivity index is 2.44. The first kappa shape index (κ1) is 35.5. The summed E-state index contributed by atoms with van der Waals surface area (Å²) in [5, 5.41) is 11.2. The Labute approximate surface area is 255 Å². The Morgan fingerprint density at radius 3 is 2.16 bits per heavy atom. The number of benzene rings is 1. The van der Waals surface area contributed by atoms with E-state index < -0.39 is 47.8 Å². The van der Waals surface area contributed by atoms with Gasteiger partial charge in [0, 0.05) is 25.6 Å². The topological polar surface area (TPSA) is 155 Å². The molecule has 0 aliphatic carbocycles. The van der Waals surface area contributed by atoms with Crippen molar-refractivity contribution in [3.05, 3.63) is 29.8 Å². The molecule has 4 atom stereocenters. The largest absolute Gasteiger partial charge is 0.497 e. The zero-order chi connectivity index (χ0) is 32.1. The molecule has 4 N–H and O–H groups in total. The zero-order valence-electron chi connectivity index (χ0n) is 26.5. The Bertz CT molecular complexity index is 1090. The highest BCUT2D eigenvalue weighted by molar-refractivity contribution is 5.95. The molecular weight excluding hydrogens is 554 g/mol. The van der Waals surface area contributed by atoms with E-state index in [9.17, 15) is 24.0 Å². The van der Waals surface area contributed by atoms with Crippen LogP contribution in [0.15, 0.2) is 24.3 Å². The van der Waals surface area contributed by atoms with Crippen molar-refractivity contribution in [3.8, 4) is 5.75 Å². The minimum atomic E-state index is -1.02. The summed E-state index contributed by atoms with van der Waals surface area (Å²) in [4.78, 5) is 68.1. The lowest BCUT2D eigenvalue weighted by Crippen LogP contribution is -2.57. The zero-order valence-corrected chi connectivity index (χ0v) is 26.5. The first-order chi connectivity index (χ1) is 20.3. The maximum absolute atomic E-state index is 13.6. The average Bonchev–Trinajstić information content (AvgIpc) is 2.95. The summed E-state index contributed by atoms with van der Waals surface area (Å²) in [6.07, 6.45) is 0.530. The molecule has 240 valence electrons. The number of nitrogens with zero attached hydrogens (tertiary/aromatic N) is 1. The lowest BCUT2D eigenvalue weighted by atomic mass is 10.0. The van der Waals surface area contributed by atoms with Gasteiger partial charge in [0.05, 0.1) is 26.7 Å². The lowest BCUT2D eigenvalue weighted by Gasteiger charge is -2.31. The van der Waals surface area contributed by atoms with Crippen LogP contribution < -0.4 is 26.0 Å². The number of rotatable bonds is 10. The third-order valence-corrected chi connectivity index (χ3v) is 7.24. The van der Waals surface area contributed by atoms with Crippen LogP contribution in [-0.2, 0) is 35.1 Å². The second-order valence-electron chi connectivity index (χ2n) is 11.7. The van der Waals surface area contributed by atoms with Crippen LogP contribution in [0.25, 0.3) is 0 Å². The summed E-state index contributed by atoms with van der Waals surface area (Å²) in [5.74, 6) is -1.73. The molecule has 2 rings (SSSR count). The van der Waals surface area contributed by atoms with E-state index in [2.05, 4.69) is 21.3 Å². The Morgan fingerprint density at radius 2 is 1.58 bits per heavy atom. The van der Waals surface area contributed by atoms with E-state index in [0.717, 1.165) is 5.56 Å². The number of ether oxygens (including phenoxy) is 2. The smallest absolute Gasteiger partial charge is 0.243 e. The molecule has 0 bridgehead atoms. The summed E-state index contributed by atoms with van der Waals surface area (Å²) in [5.41, 5.74) is 0.766. The lowest BCUT2D eigenvalue weighted by molar-refractivity contribution is -0.138. The van der Waals surface area contributed by atoms with Crippen LogP contribution in [0.3, 0.4) is 0 Å². The first-order valence-electron chi connectivity index (χ1n) is 15.0. The highest BCUT2D eigenvalue weighted by Crippen LogP contribution is 2.14. The van der Waals surface area contributed by atoms with Crippen molar-refractivity contribution in [1.82, 2.24) is 26.2 Å². The fourth-order valence-electron chi connectivity index (χ4n) is 4.66. The predicted molar refractivity (Wildman–Crippen MR) is 162 cm³/mol. The second-order valence-corrected chi connectivity index (χ2v) is 11.7. The third-order valence-electron chi connectivity index (χ3n) is 7.24. The fraction of sp³-hybridized carbons (Fsp3) is 0.645. The van der Waals surface area contributed by atoms with Gasteiger partial charge in [-0.25, -0.2) is 0 Å². The van der Waals surface area contributed by atoms with E-state index >= 15 is 0 Å². The van der Waals surface area contributed by atoms with Gasteiger partial charge in [0.25, 0.3) is 0 Å². The molecule has 0 saturated carbocycles. The van der Waals surface area contributed by atoms with Crippen molar-refractivity contribution in [1.29, 1.82) is 0 Å². The average molecular weight is 604 g/mol. The van der Waals surface area contributed by atoms with Gasteiger partial charge in [0.15, 0.2) is 0 Å². The molecule has 0 radical (unpaired) electrons. The molecule has 5 amide bonds. The molecule has 1 saturated heterocycles. The molecule has 12 nitrogen and oxygen atoms in total. The summed E-state index contributed by atoms with van der Waals surface area (Å²) in [6.45, 7) is 11.5. The summed E-state index contributed by atoms with van der Waals surface area (Å²) >= 11 is 0. The van der Waals surface area contributed by atoms with Gasteiger partial charge >= 0.3 is 0 Å². The number of hydrogen-bond acceptors (Lipinski definition) is 7. The molecule has 1 aliphatic rings. The van der Waals surface area contributed by atoms with Crippen molar-refractivity contribution in [2.75, 3.05) is 33.4 Å². The van der Waals surface area contributed by atoms with E-state index in [1.54, 1.807) is 38.3 Å². The molecule has 0 unspecified atom stereocenters. The van der Waals surface area contributed by atoms with Crippen molar-refractivity contribution in [2.24, 2.45) is 11.8 Å². The van der Waals surface area contributed by atoms with Crippen LogP contribution in [0, 0.1) is 11.8 Å². The van der Waals surface area contributed by atoms with E-state index in [1.165, 1.54) is 4.90 Å². The molecule has 1 fully saturated rings. The maximum atomic E-state index is 13.6. The van der Waals surface area contributed by atoms with Crippen LogP contribution in [0.4, 0.5) is 0 Å². The standard InChI is InChI=1S/C31H49N5O7/c1-8-43-14-13-28(38)36-17-26(20(4)5)35-29(39)21(6)32-30(40)25(16-22-9-11-23(42-7)12-10-22)34-31(41)24(15-19(2)3)33-27(37)18-36/h9-12,19-21,24-26H,8,13-18H2,1-7H3,(H,32,40)(H,33,37)(H,34,41)(H,35,39)/t21-,24+,25+,26-/m1/s1. The summed E-state index contributed by atoms with van der Waals surface area (Å²) < 4.78 is 10.6. The molecule has 12 heteroatoms. The molecule has 1 aromatic rings. The van der Waals surface area contributed by atoms with Crippen molar-refractivity contribution < 1.29 is 33.4 Å². The molecule has 0 aromatic heterocycles. The minimum Gasteiger partial charge on any atom is -0.497 e. The summed E-state index contributed by atoms with van der Waals surface area (Å²) in [7, 11) is 1.55. The second kappa shape index (κ2) is 17.4. The number of hydrogen-bond donors (Lipinski definition) is 4. The number of amides is 5. The van der Waals surface area contributed by atoms with Crippen molar-refractivity contribution >= 4 is 29.5 Å². The highest BCUT2D eigenvalue weighted by atomic mass is 16.5. The third kappa shape index (κ3) is 11.9. The van der Waals surface area contributed by atoms with Gasteiger partial charge in [0.2, 0.25) is 29.5 Å². The summed E-state index contributed by atoms with van der Waals surface area (Å²) in [6, 6.07) is 3.71. The number of nitrogens with one attached hydrogen (secondary N) is 4. The predicted octanol–water partition coefficient (Wildman–Crippen LogP) is 1.17. The number of carbonyl (C=O) groups excluding carboxylic acids is 5. The molecule has 43 heavy (non-hydrogen) atoms. The van der Waals surface area contributed by atoms with Crippen LogP contribution in [0.2, 0.25) is 0 Å². The van der Waals surface area contributed by atoms with E-state index in [0.29, 0.717) is 18.8 Å². The van der Waals surface area contributed by atoms with Crippen molar-refractivity contribution in [3.63, 3.8) is 0 Å². The Kier molecular flexibility index (Phi) is 14.4. The molecule has 0 spiro atoms. The normalized spacial score (nSPS) is 22.7. The Hall–Kier alpha value is -3.67. The number of methoxy groups -OCH3 is 1. The van der Waals surface area contributed by atoms with Gasteiger partial charge in [-0.05, 0) is 49.8 Å². The monoisotopic (exact) mass is 603 g/mol. The Morgan fingerprint density at radius 1 is 0.930 bits per heavy atom. The molecular formula is C31H49N5O7. The molecule has 1 aliphatic heterocycles. The van der Waals surface area contributed by atoms with Gasteiger partial charge in [0.1, 0.15) is 23.9 Å². The minimum absolute atomic E-state index is 0.0445. The van der Waals surface area contributed by atoms with Crippen LogP contribution in [0.5, 0.6) is 5.75 Å².